The van der Waals surface area contributed by atoms with E-state index < -0.39 is 0 Å². The number of amides is 1. The van der Waals surface area contributed by atoms with Crippen LogP contribution in [0, 0.1) is 11.8 Å². The van der Waals surface area contributed by atoms with Crippen molar-refractivity contribution in [2.75, 3.05) is 0 Å². The Morgan fingerprint density at radius 3 is 2.57 bits per heavy atom. The first kappa shape index (κ1) is 14.1. The van der Waals surface area contributed by atoms with Gasteiger partial charge < -0.3 is 5.32 Å². The lowest BCUT2D eigenvalue weighted by atomic mass is 10.0. The molecule has 1 aromatic carbocycles. The van der Waals surface area contributed by atoms with Gasteiger partial charge >= 0.3 is 0 Å². The molecule has 1 heterocycles. The minimum atomic E-state index is -0.105. The fourth-order valence-corrected chi connectivity index (χ4v) is 2.76. The predicted octanol–water partition coefficient (Wildman–Crippen LogP) is 3.86. The van der Waals surface area contributed by atoms with Crippen molar-refractivity contribution in [3.05, 3.63) is 64.9 Å². The lowest BCUT2D eigenvalue weighted by Crippen LogP contribution is -2.30. The van der Waals surface area contributed by atoms with Gasteiger partial charge in [-0.05, 0) is 36.0 Å². The summed E-state index contributed by atoms with van der Waals surface area (Å²) in [5.41, 5.74) is 1.69. The van der Waals surface area contributed by atoms with Gasteiger partial charge in [0.1, 0.15) is 5.15 Å². The number of hydrogen-bond donors (Lipinski definition) is 1. The number of pyridine rings is 1. The normalized spacial score (nSPS) is 21.6. The summed E-state index contributed by atoms with van der Waals surface area (Å²) in [6.45, 7) is 2.22. The Balaban J connectivity index is 1.79. The fourth-order valence-electron chi connectivity index (χ4n) is 2.65. The number of benzene rings is 1. The van der Waals surface area contributed by atoms with E-state index in [1.165, 1.54) is 6.20 Å². The second kappa shape index (κ2) is 5.86. The number of rotatable bonds is 4. The van der Waals surface area contributed by atoms with Crippen LogP contribution in [0.25, 0.3) is 0 Å². The van der Waals surface area contributed by atoms with E-state index in [1.54, 1.807) is 12.1 Å². The van der Waals surface area contributed by atoms with Crippen LogP contribution in [0.3, 0.4) is 0 Å². The molecule has 4 heteroatoms. The molecule has 0 radical (unpaired) electrons. The van der Waals surface area contributed by atoms with Crippen LogP contribution in [0.1, 0.15) is 35.3 Å². The van der Waals surface area contributed by atoms with Crippen molar-refractivity contribution in [2.24, 2.45) is 11.8 Å². The molecule has 108 valence electrons. The minimum Gasteiger partial charge on any atom is -0.345 e. The molecule has 0 aliphatic heterocycles. The van der Waals surface area contributed by atoms with Gasteiger partial charge in [-0.25, -0.2) is 4.98 Å². The molecule has 1 aliphatic rings. The quantitative estimate of drug-likeness (QED) is 0.871. The average Bonchev–Trinajstić information content (AvgIpc) is 3.23. The van der Waals surface area contributed by atoms with Crippen molar-refractivity contribution in [3.63, 3.8) is 0 Å². The highest BCUT2D eigenvalue weighted by Crippen LogP contribution is 2.46. The van der Waals surface area contributed by atoms with E-state index in [4.69, 9.17) is 11.6 Å². The average molecular weight is 301 g/mol. The van der Waals surface area contributed by atoms with Crippen LogP contribution < -0.4 is 5.32 Å². The van der Waals surface area contributed by atoms with E-state index in [0.717, 1.165) is 12.0 Å². The maximum atomic E-state index is 12.4. The molecular formula is C17H17ClN2O. The van der Waals surface area contributed by atoms with E-state index in [1.807, 2.05) is 18.2 Å². The first-order valence-corrected chi connectivity index (χ1v) is 7.50. The van der Waals surface area contributed by atoms with Crippen LogP contribution in [-0.4, -0.2) is 10.9 Å². The summed E-state index contributed by atoms with van der Waals surface area (Å²) in [6, 6.07) is 13.5. The highest BCUT2D eigenvalue weighted by atomic mass is 35.5. The molecule has 1 amide bonds. The number of aromatic nitrogens is 1. The Hall–Kier alpha value is -1.87. The molecular weight excluding hydrogens is 284 g/mol. The first-order chi connectivity index (χ1) is 10.1. The fraction of sp³-hybridized carbons (Fsp3) is 0.294. The van der Waals surface area contributed by atoms with Gasteiger partial charge in [0.05, 0.1) is 11.6 Å². The summed E-state index contributed by atoms with van der Waals surface area (Å²) < 4.78 is 0. The molecule has 0 spiro atoms. The first-order valence-electron chi connectivity index (χ1n) is 7.12. The third-order valence-electron chi connectivity index (χ3n) is 4.03. The third-order valence-corrected chi connectivity index (χ3v) is 4.26. The third kappa shape index (κ3) is 3.24. The van der Waals surface area contributed by atoms with Crippen molar-refractivity contribution in [1.29, 1.82) is 0 Å². The largest absolute Gasteiger partial charge is 0.345 e. The molecule has 3 nitrogen and oxygen atoms in total. The van der Waals surface area contributed by atoms with E-state index in [9.17, 15) is 4.79 Å². The monoisotopic (exact) mass is 300 g/mol. The number of carbonyl (C=O) groups is 1. The summed E-state index contributed by atoms with van der Waals surface area (Å²) >= 11 is 5.75. The molecule has 2 aromatic rings. The van der Waals surface area contributed by atoms with Gasteiger partial charge in [-0.1, -0.05) is 48.9 Å². The maximum absolute atomic E-state index is 12.4. The molecule has 1 aliphatic carbocycles. The van der Waals surface area contributed by atoms with Crippen LogP contribution in [0.5, 0.6) is 0 Å². The van der Waals surface area contributed by atoms with E-state index in [0.29, 0.717) is 22.6 Å². The summed E-state index contributed by atoms with van der Waals surface area (Å²) in [5, 5.41) is 3.53. The number of carbonyl (C=O) groups excluding carboxylic acids is 1. The molecule has 3 rings (SSSR count). The van der Waals surface area contributed by atoms with Crippen molar-refractivity contribution in [3.8, 4) is 0 Å². The predicted molar refractivity (Wildman–Crippen MR) is 83.2 cm³/mol. The zero-order chi connectivity index (χ0) is 14.8. The van der Waals surface area contributed by atoms with Gasteiger partial charge in [0, 0.05) is 6.20 Å². The molecule has 3 unspecified atom stereocenters. The van der Waals surface area contributed by atoms with Gasteiger partial charge in [0.2, 0.25) is 0 Å². The summed E-state index contributed by atoms with van der Waals surface area (Å²) in [4.78, 5) is 16.3. The van der Waals surface area contributed by atoms with Gasteiger partial charge in [0.25, 0.3) is 5.91 Å². The molecule has 0 saturated heterocycles. The van der Waals surface area contributed by atoms with Crippen molar-refractivity contribution in [2.45, 2.75) is 19.4 Å². The Labute approximate surface area is 129 Å². The lowest BCUT2D eigenvalue weighted by molar-refractivity contribution is 0.0930. The van der Waals surface area contributed by atoms with Gasteiger partial charge in [-0.3, -0.25) is 4.79 Å². The highest BCUT2D eigenvalue weighted by Gasteiger charge is 2.40. The van der Waals surface area contributed by atoms with Crippen molar-refractivity contribution < 1.29 is 4.79 Å². The molecule has 1 N–H and O–H groups in total. The molecule has 1 fully saturated rings. The molecule has 0 bridgehead atoms. The van der Waals surface area contributed by atoms with Crippen molar-refractivity contribution >= 4 is 17.5 Å². The second-order valence-corrected chi connectivity index (χ2v) is 6.00. The van der Waals surface area contributed by atoms with Gasteiger partial charge in [0.15, 0.2) is 0 Å². The van der Waals surface area contributed by atoms with Crippen LogP contribution in [0.2, 0.25) is 5.15 Å². The molecule has 3 atom stereocenters. The smallest absolute Gasteiger partial charge is 0.253 e. The zero-order valence-corrected chi connectivity index (χ0v) is 12.5. The van der Waals surface area contributed by atoms with Gasteiger partial charge in [-0.2, -0.15) is 0 Å². The Bertz CT molecular complexity index is 627. The van der Waals surface area contributed by atoms with Crippen LogP contribution >= 0.6 is 11.6 Å². The highest BCUT2D eigenvalue weighted by molar-refractivity contribution is 6.29. The Morgan fingerprint density at radius 1 is 1.29 bits per heavy atom. The number of hydrogen-bond acceptors (Lipinski definition) is 2. The number of halogens is 1. The second-order valence-electron chi connectivity index (χ2n) is 5.61. The molecule has 1 aromatic heterocycles. The maximum Gasteiger partial charge on any atom is 0.253 e. The summed E-state index contributed by atoms with van der Waals surface area (Å²) in [5.74, 6) is 1.06. The van der Waals surface area contributed by atoms with Gasteiger partial charge in [-0.15, -0.1) is 0 Å². The summed E-state index contributed by atoms with van der Waals surface area (Å²) in [7, 11) is 0. The Morgan fingerprint density at radius 2 is 2.00 bits per heavy atom. The molecule has 21 heavy (non-hydrogen) atoms. The van der Waals surface area contributed by atoms with Crippen LogP contribution in [0.4, 0.5) is 0 Å². The van der Waals surface area contributed by atoms with Crippen LogP contribution in [-0.2, 0) is 0 Å². The minimum absolute atomic E-state index is 0.0596. The molecule has 1 saturated carbocycles. The van der Waals surface area contributed by atoms with E-state index >= 15 is 0 Å². The number of nitrogens with one attached hydrogen (secondary N) is 1. The summed E-state index contributed by atoms with van der Waals surface area (Å²) in [6.07, 6.45) is 2.66. The lowest BCUT2D eigenvalue weighted by Gasteiger charge is -2.19. The standard InChI is InChI=1S/C17H17ClN2O/c1-11-9-14(11)16(12-5-3-2-4-6-12)20-17(21)13-7-8-15(18)19-10-13/h2-8,10-11,14,16H,9H2,1H3,(H,20,21). The Kier molecular flexibility index (Phi) is 3.93. The zero-order valence-electron chi connectivity index (χ0n) is 11.8. The van der Waals surface area contributed by atoms with E-state index in [-0.39, 0.29) is 11.9 Å². The topological polar surface area (TPSA) is 42.0 Å². The van der Waals surface area contributed by atoms with Crippen molar-refractivity contribution in [1.82, 2.24) is 10.3 Å². The van der Waals surface area contributed by atoms with Crippen LogP contribution in [0.15, 0.2) is 48.7 Å². The SMILES string of the molecule is CC1CC1C(NC(=O)c1ccc(Cl)nc1)c1ccccc1. The van der Waals surface area contributed by atoms with E-state index in [2.05, 4.69) is 29.4 Å². The number of nitrogens with zero attached hydrogens (tertiary/aromatic N) is 1.